The van der Waals surface area contributed by atoms with Gasteiger partial charge in [-0.1, -0.05) is 6.92 Å². The van der Waals surface area contributed by atoms with Crippen LogP contribution in [0, 0.1) is 0 Å². The number of halogens is 1. The third kappa shape index (κ3) is 3.27. The summed E-state index contributed by atoms with van der Waals surface area (Å²) in [5, 5.41) is 3.33. The number of nitrogens with one attached hydrogen (secondary N) is 1. The monoisotopic (exact) mass is 195 g/mol. The molecule has 0 unspecified atom stereocenters. The quantitative estimate of drug-likeness (QED) is 0.721. The molecule has 0 aromatic rings. The van der Waals surface area contributed by atoms with Gasteiger partial charge in [0.05, 0.1) is 25.4 Å². The minimum atomic E-state index is 0. The van der Waals surface area contributed by atoms with E-state index in [1.807, 2.05) is 6.92 Å². The Balaban J connectivity index is 0.00000121. The summed E-state index contributed by atoms with van der Waals surface area (Å²) in [4.78, 5) is 0. The molecule has 0 aromatic carbocycles. The van der Waals surface area contributed by atoms with Gasteiger partial charge in [0.25, 0.3) is 0 Å². The van der Waals surface area contributed by atoms with Crippen molar-refractivity contribution in [3.05, 3.63) is 0 Å². The summed E-state index contributed by atoms with van der Waals surface area (Å²) in [6.07, 6.45) is 0.264. The van der Waals surface area contributed by atoms with E-state index in [1.54, 1.807) is 0 Å². The summed E-state index contributed by atoms with van der Waals surface area (Å²) in [5.74, 6) is 0. The molecule has 0 amide bonds. The topological polar surface area (TPSA) is 30.5 Å². The normalized spacial score (nSPS) is 28.5. The van der Waals surface area contributed by atoms with E-state index in [2.05, 4.69) is 12.2 Å². The van der Waals surface area contributed by atoms with Crippen molar-refractivity contribution >= 4 is 12.4 Å². The van der Waals surface area contributed by atoms with Crippen LogP contribution in [0.5, 0.6) is 0 Å². The van der Waals surface area contributed by atoms with Gasteiger partial charge in [-0.05, 0) is 13.5 Å². The highest BCUT2D eigenvalue weighted by Gasteiger charge is 2.27. The molecule has 1 aliphatic heterocycles. The van der Waals surface area contributed by atoms with E-state index < -0.39 is 0 Å². The maximum Gasteiger partial charge on any atom is 0.0983 e. The van der Waals surface area contributed by atoms with E-state index in [1.165, 1.54) is 0 Å². The fourth-order valence-corrected chi connectivity index (χ4v) is 1.37. The standard InChI is InChI=1S/C8H17NO2.ClH/c1-3-9-7-5-10-6-8(7)11-4-2;/h7-9H,3-6H2,1-2H3;1H/t7-,8-;/m1./s1. The average Bonchev–Trinajstić information content (AvgIpc) is 2.39. The van der Waals surface area contributed by atoms with Crippen molar-refractivity contribution in [2.45, 2.75) is 26.0 Å². The predicted molar refractivity (Wildman–Crippen MR) is 50.9 cm³/mol. The average molecular weight is 196 g/mol. The maximum atomic E-state index is 5.48. The zero-order valence-corrected chi connectivity index (χ0v) is 8.52. The lowest BCUT2D eigenvalue weighted by molar-refractivity contribution is 0.0416. The highest BCUT2D eigenvalue weighted by Crippen LogP contribution is 2.08. The van der Waals surface area contributed by atoms with Crippen molar-refractivity contribution in [3.63, 3.8) is 0 Å². The SMILES string of the molecule is CCN[C@@H]1COC[C@H]1OCC.Cl. The van der Waals surface area contributed by atoms with Crippen LogP contribution in [-0.4, -0.2) is 38.5 Å². The fraction of sp³-hybridized carbons (Fsp3) is 1.00. The molecule has 1 heterocycles. The Morgan fingerprint density at radius 3 is 2.75 bits per heavy atom. The Morgan fingerprint density at radius 1 is 1.42 bits per heavy atom. The number of likely N-dealkylation sites (N-methyl/N-ethyl adjacent to an activating group) is 1. The van der Waals surface area contributed by atoms with E-state index in [-0.39, 0.29) is 18.5 Å². The van der Waals surface area contributed by atoms with Crippen LogP contribution in [0.2, 0.25) is 0 Å². The molecule has 1 aliphatic rings. The zero-order chi connectivity index (χ0) is 8.10. The second kappa shape index (κ2) is 6.66. The summed E-state index contributed by atoms with van der Waals surface area (Å²) in [6.45, 7) is 7.40. The molecule has 74 valence electrons. The molecule has 1 saturated heterocycles. The second-order valence-electron chi connectivity index (χ2n) is 2.70. The number of rotatable bonds is 4. The van der Waals surface area contributed by atoms with E-state index in [4.69, 9.17) is 9.47 Å². The number of ether oxygens (including phenoxy) is 2. The van der Waals surface area contributed by atoms with Gasteiger partial charge in [0.1, 0.15) is 0 Å². The largest absolute Gasteiger partial charge is 0.377 e. The molecule has 0 aromatic heterocycles. The Hall–Kier alpha value is 0.170. The summed E-state index contributed by atoms with van der Waals surface area (Å²) in [6, 6.07) is 0.403. The summed E-state index contributed by atoms with van der Waals surface area (Å²) >= 11 is 0. The van der Waals surface area contributed by atoms with Crippen molar-refractivity contribution in [1.29, 1.82) is 0 Å². The van der Waals surface area contributed by atoms with Crippen molar-refractivity contribution in [3.8, 4) is 0 Å². The summed E-state index contributed by atoms with van der Waals surface area (Å²) in [5.41, 5.74) is 0. The molecule has 0 saturated carbocycles. The van der Waals surface area contributed by atoms with Crippen LogP contribution >= 0.6 is 12.4 Å². The minimum absolute atomic E-state index is 0. The lowest BCUT2D eigenvalue weighted by Gasteiger charge is -2.17. The van der Waals surface area contributed by atoms with E-state index >= 15 is 0 Å². The van der Waals surface area contributed by atoms with Crippen LogP contribution < -0.4 is 5.32 Å². The van der Waals surface area contributed by atoms with Crippen LogP contribution in [0.15, 0.2) is 0 Å². The Labute approximate surface area is 80.2 Å². The maximum absolute atomic E-state index is 5.48. The Kier molecular flexibility index (Phi) is 6.76. The third-order valence-corrected chi connectivity index (χ3v) is 1.88. The molecule has 0 spiro atoms. The van der Waals surface area contributed by atoms with Crippen molar-refractivity contribution in [1.82, 2.24) is 5.32 Å². The molecule has 1 N–H and O–H groups in total. The van der Waals surface area contributed by atoms with Crippen LogP contribution in [0.1, 0.15) is 13.8 Å². The smallest absolute Gasteiger partial charge is 0.0983 e. The van der Waals surface area contributed by atoms with Gasteiger partial charge in [-0.25, -0.2) is 0 Å². The first-order valence-electron chi connectivity index (χ1n) is 4.31. The Morgan fingerprint density at radius 2 is 2.17 bits per heavy atom. The zero-order valence-electron chi connectivity index (χ0n) is 7.71. The van der Waals surface area contributed by atoms with Crippen LogP contribution in [-0.2, 0) is 9.47 Å². The third-order valence-electron chi connectivity index (χ3n) is 1.88. The van der Waals surface area contributed by atoms with E-state index in [0.29, 0.717) is 6.04 Å². The molecule has 12 heavy (non-hydrogen) atoms. The number of hydrogen-bond acceptors (Lipinski definition) is 3. The lowest BCUT2D eigenvalue weighted by atomic mass is 10.2. The minimum Gasteiger partial charge on any atom is -0.377 e. The van der Waals surface area contributed by atoms with Gasteiger partial charge in [0.2, 0.25) is 0 Å². The van der Waals surface area contributed by atoms with Crippen LogP contribution in [0.3, 0.4) is 0 Å². The second-order valence-corrected chi connectivity index (χ2v) is 2.70. The van der Waals surface area contributed by atoms with E-state index in [9.17, 15) is 0 Å². The van der Waals surface area contributed by atoms with Gasteiger partial charge in [0, 0.05) is 6.61 Å². The molecule has 0 aliphatic carbocycles. The first kappa shape index (κ1) is 12.2. The van der Waals surface area contributed by atoms with Gasteiger partial charge in [0.15, 0.2) is 0 Å². The molecule has 4 heteroatoms. The highest BCUT2D eigenvalue weighted by molar-refractivity contribution is 5.85. The molecule has 0 bridgehead atoms. The molecule has 2 atom stereocenters. The fourth-order valence-electron chi connectivity index (χ4n) is 1.37. The van der Waals surface area contributed by atoms with Crippen LogP contribution in [0.25, 0.3) is 0 Å². The van der Waals surface area contributed by atoms with E-state index in [0.717, 1.165) is 26.4 Å². The van der Waals surface area contributed by atoms with Crippen molar-refractivity contribution < 1.29 is 9.47 Å². The van der Waals surface area contributed by atoms with Crippen molar-refractivity contribution in [2.75, 3.05) is 26.4 Å². The highest BCUT2D eigenvalue weighted by atomic mass is 35.5. The predicted octanol–water partition coefficient (Wildman–Crippen LogP) is 0.822. The summed E-state index contributed by atoms with van der Waals surface area (Å²) < 4.78 is 10.8. The molecular weight excluding hydrogens is 178 g/mol. The molecule has 1 rings (SSSR count). The summed E-state index contributed by atoms with van der Waals surface area (Å²) in [7, 11) is 0. The Bertz CT molecular complexity index is 101. The first-order valence-corrected chi connectivity index (χ1v) is 4.31. The van der Waals surface area contributed by atoms with Crippen molar-refractivity contribution in [2.24, 2.45) is 0 Å². The lowest BCUT2D eigenvalue weighted by Crippen LogP contribution is -2.40. The van der Waals surface area contributed by atoms with Crippen LogP contribution in [0.4, 0.5) is 0 Å². The molecule has 0 radical (unpaired) electrons. The van der Waals surface area contributed by atoms with Gasteiger partial charge < -0.3 is 14.8 Å². The molecule has 3 nitrogen and oxygen atoms in total. The molecule has 1 fully saturated rings. The van der Waals surface area contributed by atoms with Gasteiger partial charge >= 0.3 is 0 Å². The molecular formula is C8H18ClNO2. The number of hydrogen-bond donors (Lipinski definition) is 1. The van der Waals surface area contributed by atoms with Gasteiger partial charge in [-0.2, -0.15) is 0 Å². The first-order chi connectivity index (χ1) is 5.38. The van der Waals surface area contributed by atoms with Gasteiger partial charge in [-0.3, -0.25) is 0 Å². The van der Waals surface area contributed by atoms with Gasteiger partial charge in [-0.15, -0.1) is 12.4 Å².